The molecule has 5 aliphatic rings. The summed E-state index contributed by atoms with van der Waals surface area (Å²) >= 11 is 1.02. The van der Waals surface area contributed by atoms with Gasteiger partial charge in [0.1, 0.15) is 16.0 Å². The molecule has 1 unspecified atom stereocenters. The highest BCUT2D eigenvalue weighted by molar-refractivity contribution is 7.94. The number of sulfone groups is 1. The average Bonchev–Trinajstić information content (AvgIpc) is 3.31. The fraction of sp³-hybridized carbons (Fsp3) is 0.778. The summed E-state index contributed by atoms with van der Waals surface area (Å²) in [6.45, 7) is 11.1. The van der Waals surface area contributed by atoms with Crippen LogP contribution in [0.3, 0.4) is 0 Å². The van der Waals surface area contributed by atoms with E-state index in [1.807, 2.05) is 13.8 Å². The van der Waals surface area contributed by atoms with E-state index >= 15 is 0 Å². The molecular formula is C27H43BN6O8S2. The lowest BCUT2D eigenvalue weighted by Crippen LogP contribution is -2.65. The van der Waals surface area contributed by atoms with Crippen LogP contribution in [-0.4, -0.2) is 79.8 Å². The smallest absolute Gasteiger partial charge is 0.404 e. The van der Waals surface area contributed by atoms with Gasteiger partial charge in [0.2, 0.25) is 18.1 Å². The highest BCUT2D eigenvalue weighted by Gasteiger charge is 2.68. The van der Waals surface area contributed by atoms with Gasteiger partial charge in [-0.2, -0.15) is 0 Å². The molecule has 6 rings (SSSR count). The number of hydrogen-bond donors (Lipinski definition) is 4. The van der Waals surface area contributed by atoms with Gasteiger partial charge in [0.05, 0.1) is 17.6 Å². The van der Waals surface area contributed by atoms with Crippen LogP contribution in [-0.2, 0) is 28.7 Å². The van der Waals surface area contributed by atoms with E-state index in [4.69, 9.17) is 9.31 Å². The second-order valence-electron chi connectivity index (χ2n) is 13.6. The van der Waals surface area contributed by atoms with Crippen LogP contribution in [0, 0.1) is 33.3 Å². The largest absolute Gasteiger partial charge is 0.481 e. The molecule has 0 spiro atoms. The molecule has 4 N–H and O–H groups in total. The average molecular weight is 655 g/mol. The van der Waals surface area contributed by atoms with Crippen LogP contribution in [0.5, 0.6) is 0 Å². The van der Waals surface area contributed by atoms with Crippen molar-refractivity contribution in [1.82, 2.24) is 26.5 Å². The summed E-state index contributed by atoms with van der Waals surface area (Å²) in [5, 5.41) is 21.3. The van der Waals surface area contributed by atoms with Gasteiger partial charge < -0.3 is 19.9 Å². The van der Waals surface area contributed by atoms with Crippen molar-refractivity contribution in [3.05, 3.63) is 27.6 Å². The fourth-order valence-electron chi connectivity index (χ4n) is 7.20. The third kappa shape index (κ3) is 6.77. The van der Waals surface area contributed by atoms with Crippen molar-refractivity contribution in [3.63, 3.8) is 0 Å². The molecule has 0 aromatic carbocycles. The number of thiophene rings is 1. The van der Waals surface area contributed by atoms with Crippen LogP contribution < -0.4 is 21.4 Å². The molecule has 5 fully saturated rings. The zero-order valence-corrected chi connectivity index (χ0v) is 27.4. The van der Waals surface area contributed by atoms with Gasteiger partial charge in [-0.1, -0.05) is 33.8 Å². The van der Waals surface area contributed by atoms with Crippen molar-refractivity contribution in [1.29, 1.82) is 0 Å². The van der Waals surface area contributed by atoms with Crippen molar-refractivity contribution in [2.45, 2.75) is 101 Å². The molecule has 14 nitrogen and oxygen atoms in total. The van der Waals surface area contributed by atoms with E-state index in [0.717, 1.165) is 29.3 Å². The van der Waals surface area contributed by atoms with Gasteiger partial charge in [0.15, 0.2) is 14.9 Å². The van der Waals surface area contributed by atoms with Crippen molar-refractivity contribution in [2.75, 3.05) is 12.3 Å². The predicted octanol–water partition coefficient (Wildman–Crippen LogP) is 1.47. The van der Waals surface area contributed by atoms with E-state index < -0.39 is 63.4 Å². The molecule has 2 saturated heterocycles. The van der Waals surface area contributed by atoms with Crippen LogP contribution in [0.2, 0.25) is 0 Å². The molecule has 1 aromatic rings. The summed E-state index contributed by atoms with van der Waals surface area (Å²) in [7, 11) is -4.52. The number of rotatable bonds is 15. The third-order valence-corrected chi connectivity index (χ3v) is 12.8. The monoisotopic (exact) mass is 654 g/mol. The van der Waals surface area contributed by atoms with Crippen molar-refractivity contribution < 1.29 is 32.3 Å². The number of carbonyl (C=O) groups is 2. The Labute approximate surface area is 262 Å². The Balaban J connectivity index is 1.25. The number of hydrazine groups is 2. The molecule has 2 aliphatic heterocycles. The fourth-order valence-corrected chi connectivity index (χ4v) is 9.43. The van der Waals surface area contributed by atoms with Gasteiger partial charge in [0.25, 0.3) is 0 Å². The Bertz CT molecular complexity index is 1350. The minimum atomic E-state index is -3.87. The molecular weight excluding hydrogens is 611 g/mol. The topological polar surface area (TPSA) is 191 Å². The first-order valence-electron chi connectivity index (χ1n) is 15.2. The summed E-state index contributed by atoms with van der Waals surface area (Å²) in [5.41, 5.74) is 2.26. The van der Waals surface area contributed by atoms with Gasteiger partial charge in [-0.25, -0.2) is 18.5 Å². The van der Waals surface area contributed by atoms with Crippen molar-refractivity contribution in [2.24, 2.45) is 23.2 Å². The molecule has 17 heteroatoms. The minimum absolute atomic E-state index is 0.0605. The van der Waals surface area contributed by atoms with Gasteiger partial charge >= 0.3 is 7.12 Å². The minimum Gasteiger partial charge on any atom is -0.404 e. The summed E-state index contributed by atoms with van der Waals surface area (Å²) < 4.78 is 38.7. The number of amides is 2. The molecule has 44 heavy (non-hydrogen) atoms. The Kier molecular flexibility index (Phi) is 9.38. The van der Waals surface area contributed by atoms with Crippen molar-refractivity contribution >= 4 is 40.1 Å². The van der Waals surface area contributed by atoms with Gasteiger partial charge in [-0.15, -0.1) is 16.8 Å². The lowest BCUT2D eigenvalue weighted by atomic mass is 9.43. The Hall–Kier alpha value is -2.31. The van der Waals surface area contributed by atoms with E-state index in [9.17, 15) is 28.1 Å². The molecule has 3 heterocycles. The Morgan fingerprint density at radius 1 is 1.27 bits per heavy atom. The maximum Gasteiger partial charge on any atom is 0.481 e. The lowest BCUT2D eigenvalue weighted by Gasteiger charge is -2.64. The quantitative estimate of drug-likeness (QED) is 0.0704. The van der Waals surface area contributed by atoms with Crippen LogP contribution in [0.1, 0.15) is 66.7 Å². The second kappa shape index (κ2) is 12.5. The zero-order valence-electron chi connectivity index (χ0n) is 25.8. The second-order valence-corrected chi connectivity index (χ2v) is 16.8. The molecule has 2 bridgehead atoms. The molecule has 1 aromatic heterocycles. The third-order valence-electron chi connectivity index (χ3n) is 9.74. The van der Waals surface area contributed by atoms with E-state index in [2.05, 4.69) is 42.1 Å². The summed E-state index contributed by atoms with van der Waals surface area (Å²) in [6, 6.07) is 1.99. The van der Waals surface area contributed by atoms with Gasteiger partial charge in [-0.05, 0) is 85.3 Å². The summed E-state index contributed by atoms with van der Waals surface area (Å²) in [6.07, 6.45) is 2.47. The van der Waals surface area contributed by atoms with Crippen LogP contribution >= 0.6 is 11.3 Å². The molecule has 0 radical (unpaired) electrons. The normalized spacial score (nSPS) is 29.9. The van der Waals surface area contributed by atoms with Crippen LogP contribution in [0.15, 0.2) is 21.7 Å². The van der Waals surface area contributed by atoms with E-state index in [0.29, 0.717) is 31.2 Å². The number of hydrogen-bond acceptors (Lipinski definition) is 11. The molecule has 3 saturated carbocycles. The van der Waals surface area contributed by atoms with E-state index in [1.54, 1.807) is 11.4 Å². The highest BCUT2D eigenvalue weighted by atomic mass is 32.2. The van der Waals surface area contributed by atoms with Crippen molar-refractivity contribution in [3.8, 4) is 0 Å². The first-order chi connectivity index (χ1) is 20.6. The summed E-state index contributed by atoms with van der Waals surface area (Å²) in [5.74, 6) is -1.39. The maximum atomic E-state index is 13.8. The van der Waals surface area contributed by atoms with Crippen LogP contribution in [0.4, 0.5) is 0 Å². The van der Waals surface area contributed by atoms with Crippen LogP contribution in [0.25, 0.3) is 0 Å². The maximum absolute atomic E-state index is 13.8. The van der Waals surface area contributed by atoms with E-state index in [-0.39, 0.29) is 28.1 Å². The Morgan fingerprint density at radius 2 is 2.02 bits per heavy atom. The van der Waals surface area contributed by atoms with E-state index in [1.165, 1.54) is 6.07 Å². The molecule has 244 valence electrons. The first-order valence-corrected chi connectivity index (χ1v) is 17.8. The number of carbonyl (C=O) groups excluding carboxylic acids is 2. The van der Waals surface area contributed by atoms with Gasteiger partial charge in [-0.3, -0.25) is 14.9 Å². The Morgan fingerprint density at radius 3 is 2.64 bits per heavy atom. The first kappa shape index (κ1) is 33.1. The number of nitro groups is 1. The zero-order chi connectivity index (χ0) is 32.0. The number of nitrogens with one attached hydrogen (secondary N) is 4. The molecule has 3 aliphatic carbocycles. The molecule has 7 atom stereocenters. The standard InChI is InChI=1S/C27H43BN6O8S2/c1-16(2)12-21(28-41-20-14-17-13-19(26(17,3)4)27(20,5)42-28)31-24(36)18(8-6-10-29-25-32-33(25)34(37)38)30-22(35)15-44(39,40)23-9-7-11-43-23/h7,9,11,16-21,25,29,32H,6,8,10,12-15H2,1-5H3,(H,30,35)(H,31,36)/t17-,18-,19-,20+,21-,25?,27-,33?/m0/s1. The molecule has 2 amide bonds. The highest BCUT2D eigenvalue weighted by Crippen LogP contribution is 2.65. The van der Waals surface area contributed by atoms with Gasteiger partial charge in [0, 0.05) is 0 Å². The lowest BCUT2D eigenvalue weighted by molar-refractivity contribution is -0.627. The SMILES string of the molecule is CC(C)C[C@H](NC(=O)[C@H](CCCNC1NN1[N+](=O)[O-])NC(=O)CS(=O)(=O)c1cccs1)B1O[C@@H]2C[C@@H]3C[C@@H](C3(C)C)[C@]2(C)O1. The summed E-state index contributed by atoms with van der Waals surface area (Å²) in [4.78, 5) is 37.5. The predicted molar refractivity (Wildman–Crippen MR) is 163 cm³/mol. The number of nitrogens with zero attached hydrogens (tertiary/aromatic N) is 2.